The van der Waals surface area contributed by atoms with Crippen LogP contribution in [0.4, 0.5) is 0 Å². The van der Waals surface area contributed by atoms with Gasteiger partial charge >= 0.3 is 0 Å². The van der Waals surface area contributed by atoms with Crippen molar-refractivity contribution in [3.05, 3.63) is 83.3 Å². The molecule has 0 saturated carbocycles. The van der Waals surface area contributed by atoms with Gasteiger partial charge in [0.2, 0.25) is 0 Å². The van der Waals surface area contributed by atoms with Crippen molar-refractivity contribution in [1.82, 2.24) is 0 Å². The largest absolute Gasteiger partial charge is 0.123 e. The monoisotopic (exact) mass is 280 g/mol. The van der Waals surface area contributed by atoms with Crippen molar-refractivity contribution in [2.24, 2.45) is 0 Å². The molecule has 1 heterocycles. The minimum Gasteiger partial charge on any atom is -0.123 e. The summed E-state index contributed by atoms with van der Waals surface area (Å²) in [5, 5.41) is 2.30. The summed E-state index contributed by atoms with van der Waals surface area (Å²) in [5.74, 6) is 0.526. The average molecular weight is 280 g/mol. The fraction of sp³-hybridized carbons (Fsp3) is 0.263. The first kappa shape index (κ1) is 13.5. The minimum atomic E-state index is 0.219. The fourth-order valence-electron chi connectivity index (χ4n) is 3.02. The van der Waals surface area contributed by atoms with Gasteiger partial charge in [0.25, 0.3) is 0 Å². The van der Waals surface area contributed by atoms with Crippen molar-refractivity contribution in [3.8, 4) is 0 Å². The number of hydrogen-bond donors (Lipinski definition) is 0. The van der Waals surface area contributed by atoms with E-state index in [0.717, 1.165) is 6.42 Å². The molecule has 0 amide bonds. The lowest BCUT2D eigenvalue weighted by atomic mass is 9.82. The van der Waals surface area contributed by atoms with Gasteiger partial charge in [0.05, 0.1) is 0 Å². The Bertz CT molecular complexity index is 573. The molecule has 0 N–H and O–H groups in total. The molecule has 0 nitrogen and oxygen atoms in total. The van der Waals surface area contributed by atoms with Crippen LogP contribution in [0.1, 0.15) is 36.8 Å². The highest BCUT2D eigenvalue weighted by atomic mass is 32.2. The molecule has 0 radical (unpaired) electrons. The van der Waals surface area contributed by atoms with E-state index >= 15 is 0 Å². The smallest absolute Gasteiger partial charge is 0.0455 e. The van der Waals surface area contributed by atoms with E-state index in [4.69, 9.17) is 0 Å². The fourth-order valence-corrected chi connectivity index (χ4v) is 4.27. The van der Waals surface area contributed by atoms with Crippen LogP contribution in [0.15, 0.2) is 72.1 Å². The first-order valence-electron chi connectivity index (χ1n) is 7.29. The molecule has 1 aliphatic rings. The Morgan fingerprint density at radius 1 is 1.00 bits per heavy atom. The van der Waals surface area contributed by atoms with Crippen molar-refractivity contribution in [3.63, 3.8) is 0 Å². The SMILES string of the molecule is CC[C@]1(c2ccccc2)C[C@@H](c2ccccc2)C=CS1. The second-order valence-electron chi connectivity index (χ2n) is 5.38. The second kappa shape index (κ2) is 5.88. The van der Waals surface area contributed by atoms with Gasteiger partial charge in [-0.1, -0.05) is 73.7 Å². The van der Waals surface area contributed by atoms with Gasteiger partial charge in [-0.2, -0.15) is 0 Å². The molecule has 102 valence electrons. The molecule has 2 aromatic rings. The molecule has 2 atom stereocenters. The molecular weight excluding hydrogens is 260 g/mol. The zero-order chi connectivity index (χ0) is 13.8. The van der Waals surface area contributed by atoms with E-state index in [1.165, 1.54) is 17.5 Å². The van der Waals surface area contributed by atoms with Crippen LogP contribution in [0.2, 0.25) is 0 Å². The lowest BCUT2D eigenvalue weighted by Gasteiger charge is -2.37. The molecule has 1 heteroatoms. The van der Waals surface area contributed by atoms with E-state index < -0.39 is 0 Å². The molecule has 0 aliphatic carbocycles. The molecule has 3 rings (SSSR count). The van der Waals surface area contributed by atoms with E-state index in [1.54, 1.807) is 0 Å². The minimum absolute atomic E-state index is 0.219. The van der Waals surface area contributed by atoms with Crippen LogP contribution < -0.4 is 0 Å². The van der Waals surface area contributed by atoms with Crippen LogP contribution in [-0.2, 0) is 4.75 Å². The molecule has 0 bridgehead atoms. The lowest BCUT2D eigenvalue weighted by molar-refractivity contribution is 0.517. The Morgan fingerprint density at radius 3 is 2.30 bits per heavy atom. The number of hydrogen-bond acceptors (Lipinski definition) is 1. The van der Waals surface area contributed by atoms with Crippen LogP contribution in [0.5, 0.6) is 0 Å². The van der Waals surface area contributed by atoms with Crippen molar-refractivity contribution in [2.45, 2.75) is 30.4 Å². The summed E-state index contributed by atoms with van der Waals surface area (Å²) in [5.41, 5.74) is 2.88. The third kappa shape index (κ3) is 2.55. The summed E-state index contributed by atoms with van der Waals surface area (Å²) >= 11 is 1.98. The molecule has 2 aromatic carbocycles. The van der Waals surface area contributed by atoms with Gasteiger partial charge in [-0.15, -0.1) is 11.8 Å². The summed E-state index contributed by atoms with van der Waals surface area (Å²) < 4.78 is 0.219. The number of benzene rings is 2. The number of allylic oxidation sites excluding steroid dienone is 1. The standard InChI is InChI=1S/C19H20S/c1-2-19(18-11-7-4-8-12-18)15-17(13-14-20-19)16-9-5-3-6-10-16/h3-14,17H,2,15H2,1H3/t17-,19+/m0/s1. The first-order valence-corrected chi connectivity index (χ1v) is 8.17. The Hall–Kier alpha value is -1.47. The van der Waals surface area contributed by atoms with Crippen LogP contribution in [-0.4, -0.2) is 0 Å². The highest BCUT2D eigenvalue weighted by molar-refractivity contribution is 8.03. The summed E-state index contributed by atoms with van der Waals surface area (Å²) in [6.07, 6.45) is 4.70. The van der Waals surface area contributed by atoms with Crippen molar-refractivity contribution in [1.29, 1.82) is 0 Å². The van der Waals surface area contributed by atoms with Gasteiger partial charge < -0.3 is 0 Å². The van der Waals surface area contributed by atoms with Crippen molar-refractivity contribution < 1.29 is 0 Å². The number of thioether (sulfide) groups is 1. The predicted molar refractivity (Wildman–Crippen MR) is 88.9 cm³/mol. The maximum absolute atomic E-state index is 2.36. The van der Waals surface area contributed by atoms with Crippen molar-refractivity contribution >= 4 is 11.8 Å². The normalized spacial score (nSPS) is 25.6. The molecule has 0 aromatic heterocycles. The molecule has 0 fully saturated rings. The highest BCUT2D eigenvalue weighted by Gasteiger charge is 2.35. The average Bonchev–Trinajstić information content (AvgIpc) is 2.56. The van der Waals surface area contributed by atoms with Crippen LogP contribution >= 0.6 is 11.8 Å². The zero-order valence-corrected chi connectivity index (χ0v) is 12.6. The van der Waals surface area contributed by atoms with Gasteiger partial charge in [0.1, 0.15) is 0 Å². The molecular formula is C19H20S. The third-order valence-electron chi connectivity index (χ3n) is 4.25. The van der Waals surface area contributed by atoms with Gasteiger partial charge in [0, 0.05) is 10.7 Å². The molecule has 0 unspecified atom stereocenters. The molecule has 0 saturated heterocycles. The highest BCUT2D eigenvalue weighted by Crippen LogP contribution is 2.50. The Kier molecular flexibility index (Phi) is 3.98. The quantitative estimate of drug-likeness (QED) is 0.692. The third-order valence-corrected chi connectivity index (χ3v) is 5.69. The first-order chi connectivity index (χ1) is 9.84. The maximum Gasteiger partial charge on any atom is 0.0455 e. The van der Waals surface area contributed by atoms with Gasteiger partial charge in [0.15, 0.2) is 0 Å². The van der Waals surface area contributed by atoms with E-state index in [2.05, 4.69) is 79.1 Å². The summed E-state index contributed by atoms with van der Waals surface area (Å²) in [6.45, 7) is 2.31. The maximum atomic E-state index is 2.36. The van der Waals surface area contributed by atoms with E-state index in [-0.39, 0.29) is 4.75 Å². The second-order valence-corrected chi connectivity index (χ2v) is 6.67. The van der Waals surface area contributed by atoms with E-state index in [0.29, 0.717) is 5.92 Å². The Morgan fingerprint density at radius 2 is 1.65 bits per heavy atom. The Balaban J connectivity index is 1.94. The molecule has 1 aliphatic heterocycles. The van der Waals surface area contributed by atoms with Crippen LogP contribution in [0, 0.1) is 0 Å². The topological polar surface area (TPSA) is 0 Å². The van der Waals surface area contributed by atoms with Gasteiger partial charge in [-0.05, 0) is 29.4 Å². The Labute approximate surface area is 125 Å². The van der Waals surface area contributed by atoms with Gasteiger partial charge in [-0.25, -0.2) is 0 Å². The molecule has 20 heavy (non-hydrogen) atoms. The lowest BCUT2D eigenvalue weighted by Crippen LogP contribution is -2.25. The van der Waals surface area contributed by atoms with E-state index in [1.807, 2.05) is 11.8 Å². The van der Waals surface area contributed by atoms with Crippen LogP contribution in [0.3, 0.4) is 0 Å². The predicted octanol–water partition coefficient (Wildman–Crippen LogP) is 5.73. The summed E-state index contributed by atoms with van der Waals surface area (Å²) in [4.78, 5) is 0. The summed E-state index contributed by atoms with van der Waals surface area (Å²) in [6, 6.07) is 21.8. The summed E-state index contributed by atoms with van der Waals surface area (Å²) in [7, 11) is 0. The van der Waals surface area contributed by atoms with Crippen molar-refractivity contribution in [2.75, 3.05) is 0 Å². The van der Waals surface area contributed by atoms with E-state index in [9.17, 15) is 0 Å². The van der Waals surface area contributed by atoms with Gasteiger partial charge in [-0.3, -0.25) is 0 Å². The van der Waals surface area contributed by atoms with Crippen LogP contribution in [0.25, 0.3) is 0 Å². The number of rotatable bonds is 3. The molecule has 0 spiro atoms. The zero-order valence-electron chi connectivity index (χ0n) is 11.8.